The zero-order valence-corrected chi connectivity index (χ0v) is 20.9. The Bertz CT molecular complexity index is 1520. The SMILES string of the molecule is Cc1cn(-c2ccc(NC(=O)Cc3cccc(-c4ccc(OC(C)C)c(Cl)c4)c3)cc2)c(=O)[nH]c1=O. The fraction of sp³-hybridized carbons (Fsp3) is 0.179. The highest BCUT2D eigenvalue weighted by molar-refractivity contribution is 6.32. The molecule has 0 aliphatic heterocycles. The van der Waals surface area contributed by atoms with Crippen molar-refractivity contribution in [2.24, 2.45) is 0 Å². The van der Waals surface area contributed by atoms with Crippen molar-refractivity contribution in [1.82, 2.24) is 9.55 Å². The lowest BCUT2D eigenvalue weighted by Gasteiger charge is -2.13. The van der Waals surface area contributed by atoms with Crippen LogP contribution in [0.15, 0.2) is 82.5 Å². The third-order valence-electron chi connectivity index (χ3n) is 5.47. The summed E-state index contributed by atoms with van der Waals surface area (Å²) in [5.74, 6) is 0.466. The molecule has 8 heteroatoms. The van der Waals surface area contributed by atoms with Crippen molar-refractivity contribution in [2.75, 3.05) is 5.32 Å². The number of nitrogens with one attached hydrogen (secondary N) is 2. The Kier molecular flexibility index (Phi) is 7.41. The van der Waals surface area contributed by atoms with E-state index >= 15 is 0 Å². The van der Waals surface area contributed by atoms with Gasteiger partial charge in [0.15, 0.2) is 0 Å². The number of benzene rings is 3. The Morgan fingerprint density at radius 2 is 1.75 bits per heavy atom. The van der Waals surface area contributed by atoms with E-state index in [1.165, 1.54) is 10.8 Å². The molecule has 1 aromatic heterocycles. The van der Waals surface area contributed by atoms with Crippen LogP contribution >= 0.6 is 11.6 Å². The van der Waals surface area contributed by atoms with Gasteiger partial charge in [0, 0.05) is 17.4 Å². The van der Waals surface area contributed by atoms with Crippen LogP contribution < -0.4 is 21.3 Å². The molecule has 0 unspecified atom stereocenters. The molecule has 0 saturated carbocycles. The van der Waals surface area contributed by atoms with Gasteiger partial charge < -0.3 is 10.1 Å². The molecule has 0 aliphatic carbocycles. The van der Waals surface area contributed by atoms with Crippen LogP contribution in [0, 0.1) is 6.92 Å². The molecule has 0 atom stereocenters. The van der Waals surface area contributed by atoms with Gasteiger partial charge in [-0.1, -0.05) is 41.9 Å². The van der Waals surface area contributed by atoms with Crippen LogP contribution in [0.25, 0.3) is 16.8 Å². The summed E-state index contributed by atoms with van der Waals surface area (Å²) in [6.45, 7) is 5.52. The van der Waals surface area contributed by atoms with E-state index in [2.05, 4.69) is 10.3 Å². The van der Waals surface area contributed by atoms with Gasteiger partial charge in [0.05, 0.1) is 23.2 Å². The highest BCUT2D eigenvalue weighted by Crippen LogP contribution is 2.31. The molecule has 0 fully saturated rings. The number of aromatic nitrogens is 2. The number of aromatic amines is 1. The van der Waals surface area contributed by atoms with Crippen molar-refractivity contribution in [3.05, 3.63) is 110 Å². The summed E-state index contributed by atoms with van der Waals surface area (Å²) in [5.41, 5.74) is 3.41. The number of rotatable bonds is 7. The lowest BCUT2D eigenvalue weighted by atomic mass is 10.0. The molecule has 7 nitrogen and oxygen atoms in total. The number of hydrogen-bond donors (Lipinski definition) is 2. The number of halogens is 1. The zero-order valence-electron chi connectivity index (χ0n) is 20.2. The first-order valence-corrected chi connectivity index (χ1v) is 11.9. The summed E-state index contributed by atoms with van der Waals surface area (Å²) in [4.78, 5) is 38.6. The molecular formula is C28H26ClN3O4. The van der Waals surface area contributed by atoms with Crippen molar-refractivity contribution in [2.45, 2.75) is 33.3 Å². The van der Waals surface area contributed by atoms with Crippen molar-refractivity contribution in [3.63, 3.8) is 0 Å². The second-order valence-corrected chi connectivity index (χ2v) is 9.13. The number of H-pyrrole nitrogens is 1. The smallest absolute Gasteiger partial charge is 0.332 e. The monoisotopic (exact) mass is 503 g/mol. The van der Waals surface area contributed by atoms with Crippen molar-refractivity contribution in [3.8, 4) is 22.6 Å². The van der Waals surface area contributed by atoms with E-state index in [0.717, 1.165) is 16.7 Å². The molecular weight excluding hydrogens is 478 g/mol. The van der Waals surface area contributed by atoms with Crippen LogP contribution in [0.3, 0.4) is 0 Å². The topological polar surface area (TPSA) is 93.2 Å². The maximum atomic E-state index is 12.7. The van der Waals surface area contributed by atoms with Gasteiger partial charge in [0.1, 0.15) is 5.75 Å². The standard InChI is InChI=1S/C28H26ClN3O4/c1-17(2)36-25-12-7-21(15-24(25)29)20-6-4-5-19(13-20)14-26(33)30-22-8-10-23(11-9-22)32-16-18(3)27(34)31-28(32)35/h4-13,15-17H,14H2,1-3H3,(H,30,33)(H,31,34,35). The van der Waals surface area contributed by atoms with Gasteiger partial charge in [-0.25, -0.2) is 4.79 Å². The Labute approximate surface area is 213 Å². The number of carbonyl (C=O) groups is 1. The van der Waals surface area contributed by atoms with Crippen molar-refractivity contribution < 1.29 is 9.53 Å². The lowest BCUT2D eigenvalue weighted by molar-refractivity contribution is -0.115. The number of nitrogens with zero attached hydrogens (tertiary/aromatic N) is 1. The van der Waals surface area contributed by atoms with Crippen LogP contribution in [0.1, 0.15) is 25.0 Å². The third-order valence-corrected chi connectivity index (χ3v) is 5.76. The first kappa shape index (κ1) is 25.0. The van der Waals surface area contributed by atoms with E-state index in [0.29, 0.717) is 27.7 Å². The van der Waals surface area contributed by atoms with E-state index in [1.54, 1.807) is 31.2 Å². The minimum Gasteiger partial charge on any atom is -0.489 e. The quantitative estimate of drug-likeness (QED) is 0.366. The number of aryl methyl sites for hydroxylation is 1. The highest BCUT2D eigenvalue weighted by atomic mass is 35.5. The van der Waals surface area contributed by atoms with Crippen LogP contribution in [0.5, 0.6) is 5.75 Å². The second kappa shape index (κ2) is 10.7. The Balaban J connectivity index is 1.44. The Hall–Kier alpha value is -4.10. The summed E-state index contributed by atoms with van der Waals surface area (Å²) in [6, 6.07) is 20.2. The molecule has 0 radical (unpaired) electrons. The molecule has 0 saturated heterocycles. The molecule has 0 spiro atoms. The number of hydrogen-bond acceptors (Lipinski definition) is 4. The van der Waals surface area contributed by atoms with Gasteiger partial charge in [0.2, 0.25) is 5.91 Å². The molecule has 4 rings (SSSR count). The maximum Gasteiger partial charge on any atom is 0.332 e. The normalized spacial score (nSPS) is 10.9. The highest BCUT2D eigenvalue weighted by Gasteiger charge is 2.10. The second-order valence-electron chi connectivity index (χ2n) is 8.73. The van der Waals surface area contributed by atoms with E-state index < -0.39 is 11.2 Å². The van der Waals surface area contributed by atoms with Crippen LogP contribution in [0.4, 0.5) is 5.69 Å². The lowest BCUT2D eigenvalue weighted by Crippen LogP contribution is -2.29. The van der Waals surface area contributed by atoms with Gasteiger partial charge in [0.25, 0.3) is 5.56 Å². The number of carbonyl (C=O) groups excluding carboxylic acids is 1. The van der Waals surface area contributed by atoms with Gasteiger partial charge >= 0.3 is 5.69 Å². The minimum atomic E-state index is -0.523. The molecule has 2 N–H and O–H groups in total. The number of amides is 1. The van der Waals surface area contributed by atoms with E-state index in [-0.39, 0.29) is 18.4 Å². The fourth-order valence-corrected chi connectivity index (χ4v) is 3.97. The summed E-state index contributed by atoms with van der Waals surface area (Å²) in [5, 5.41) is 3.41. The molecule has 0 aliphatic rings. The van der Waals surface area contributed by atoms with Gasteiger partial charge in [-0.05, 0) is 73.9 Å². The maximum absolute atomic E-state index is 12.7. The Morgan fingerprint density at radius 3 is 2.44 bits per heavy atom. The van der Waals surface area contributed by atoms with Crippen LogP contribution in [-0.2, 0) is 11.2 Å². The van der Waals surface area contributed by atoms with Gasteiger partial charge in [-0.3, -0.25) is 19.1 Å². The molecule has 184 valence electrons. The predicted molar refractivity (Wildman–Crippen MR) is 142 cm³/mol. The average Bonchev–Trinajstić information content (AvgIpc) is 2.83. The first-order valence-electron chi connectivity index (χ1n) is 11.5. The number of ether oxygens (including phenoxy) is 1. The number of anilines is 1. The molecule has 3 aromatic carbocycles. The van der Waals surface area contributed by atoms with Gasteiger partial charge in [-0.15, -0.1) is 0 Å². The molecule has 4 aromatic rings. The molecule has 0 bridgehead atoms. The molecule has 36 heavy (non-hydrogen) atoms. The van der Waals surface area contributed by atoms with E-state index in [1.807, 2.05) is 56.3 Å². The Morgan fingerprint density at radius 1 is 1.03 bits per heavy atom. The van der Waals surface area contributed by atoms with E-state index in [4.69, 9.17) is 16.3 Å². The van der Waals surface area contributed by atoms with Crippen molar-refractivity contribution in [1.29, 1.82) is 0 Å². The summed E-state index contributed by atoms with van der Waals surface area (Å²) >= 11 is 6.39. The van der Waals surface area contributed by atoms with Gasteiger partial charge in [-0.2, -0.15) is 0 Å². The zero-order chi connectivity index (χ0) is 25.8. The van der Waals surface area contributed by atoms with Crippen molar-refractivity contribution >= 4 is 23.2 Å². The third kappa shape index (κ3) is 5.93. The average molecular weight is 504 g/mol. The first-order chi connectivity index (χ1) is 17.2. The molecule has 1 heterocycles. The predicted octanol–water partition coefficient (Wildman–Crippen LogP) is 5.12. The van der Waals surface area contributed by atoms with Crippen LogP contribution in [-0.4, -0.2) is 21.6 Å². The summed E-state index contributed by atoms with van der Waals surface area (Å²) in [7, 11) is 0. The van der Waals surface area contributed by atoms with Crippen LogP contribution in [0.2, 0.25) is 5.02 Å². The summed E-state index contributed by atoms with van der Waals surface area (Å²) < 4.78 is 7.05. The minimum absolute atomic E-state index is 0.0300. The summed E-state index contributed by atoms with van der Waals surface area (Å²) in [6.07, 6.45) is 1.71. The molecule has 1 amide bonds. The van der Waals surface area contributed by atoms with E-state index in [9.17, 15) is 14.4 Å². The fourth-order valence-electron chi connectivity index (χ4n) is 3.75. The largest absolute Gasteiger partial charge is 0.489 e.